The van der Waals surface area contributed by atoms with Gasteiger partial charge in [-0.15, -0.1) is 0 Å². The molecule has 0 aromatic carbocycles. The summed E-state index contributed by atoms with van der Waals surface area (Å²) < 4.78 is 0. The number of nitrogens with one attached hydrogen (secondary N) is 4. The third-order valence-electron chi connectivity index (χ3n) is 5.84. The monoisotopic (exact) mass is 478 g/mol. The normalized spacial score (nSPS) is 14.6. The summed E-state index contributed by atoms with van der Waals surface area (Å²) in [6.07, 6.45) is 0.199. The number of allylic oxidation sites excluding steroid dienone is 4. The van der Waals surface area contributed by atoms with E-state index in [0.717, 1.165) is 0 Å². The van der Waals surface area contributed by atoms with E-state index in [-0.39, 0.29) is 36.2 Å². The number of rotatable bonds is 12. The number of hydrogen-bond donors (Lipinski definition) is 4. The van der Waals surface area contributed by atoms with Gasteiger partial charge in [-0.2, -0.15) is 0 Å². The molecule has 0 aliphatic heterocycles. The van der Waals surface area contributed by atoms with Gasteiger partial charge in [-0.3, -0.25) is 19.2 Å². The van der Waals surface area contributed by atoms with Crippen LogP contribution in [0.2, 0.25) is 0 Å². The van der Waals surface area contributed by atoms with Gasteiger partial charge >= 0.3 is 0 Å². The summed E-state index contributed by atoms with van der Waals surface area (Å²) in [5, 5.41) is 11.6. The van der Waals surface area contributed by atoms with Crippen molar-refractivity contribution in [3.63, 3.8) is 0 Å². The van der Waals surface area contributed by atoms with Crippen molar-refractivity contribution < 1.29 is 19.2 Å². The van der Waals surface area contributed by atoms with E-state index in [1.165, 1.54) is 0 Å². The molecule has 2 amide bonds. The zero-order chi connectivity index (χ0) is 26.7. The lowest BCUT2D eigenvalue weighted by molar-refractivity contribution is -0.124. The molecule has 0 unspecified atom stereocenters. The summed E-state index contributed by atoms with van der Waals surface area (Å²) in [6, 6.07) is 0. The van der Waals surface area contributed by atoms with Gasteiger partial charge in [0.15, 0.2) is 11.6 Å². The largest absolute Gasteiger partial charge is 0.355 e. The summed E-state index contributed by atoms with van der Waals surface area (Å²) >= 11 is 0. The Kier molecular flexibility index (Phi) is 13.2. The Labute approximate surface area is 205 Å². The number of Topliss-reactive ketones (excluding diaryl/α,β-unsaturated/α-hetero) is 2. The van der Waals surface area contributed by atoms with Crippen molar-refractivity contribution in [1.29, 1.82) is 0 Å². The van der Waals surface area contributed by atoms with Gasteiger partial charge in [-0.25, -0.2) is 0 Å². The highest BCUT2D eigenvalue weighted by Crippen LogP contribution is 2.44. The number of amides is 2. The average Bonchev–Trinajstić information content (AvgIpc) is 2.73. The van der Waals surface area contributed by atoms with Crippen LogP contribution in [0.4, 0.5) is 0 Å². The van der Waals surface area contributed by atoms with E-state index in [1.807, 2.05) is 41.5 Å². The topological polar surface area (TPSA) is 116 Å². The number of likely N-dealkylation sites (N-methyl/N-ethyl adjacent to an activating group) is 2. The predicted molar refractivity (Wildman–Crippen MR) is 137 cm³/mol. The fourth-order valence-electron chi connectivity index (χ4n) is 4.33. The van der Waals surface area contributed by atoms with Crippen LogP contribution in [0.1, 0.15) is 68.2 Å². The van der Waals surface area contributed by atoms with E-state index in [9.17, 15) is 19.2 Å². The van der Waals surface area contributed by atoms with E-state index in [4.69, 9.17) is 0 Å². The molecule has 0 aromatic heterocycles. The van der Waals surface area contributed by atoms with Crippen LogP contribution in [0.3, 0.4) is 0 Å². The van der Waals surface area contributed by atoms with Gasteiger partial charge in [0.1, 0.15) is 0 Å². The quantitative estimate of drug-likeness (QED) is 0.253. The van der Waals surface area contributed by atoms with Crippen LogP contribution in [0.25, 0.3) is 0 Å². The van der Waals surface area contributed by atoms with Crippen molar-refractivity contribution in [3.8, 4) is 0 Å². The van der Waals surface area contributed by atoms with Crippen LogP contribution in [-0.2, 0) is 19.2 Å². The first-order valence-corrected chi connectivity index (χ1v) is 12.1. The first kappa shape index (κ1) is 31.7. The Hall–Kier alpha value is -2.32. The van der Waals surface area contributed by atoms with E-state index >= 15 is 0 Å². The summed E-state index contributed by atoms with van der Waals surface area (Å²) in [5.41, 5.74) is -0.146. The zero-order valence-electron chi connectivity index (χ0n) is 22.9. The molecule has 194 valence electrons. The summed E-state index contributed by atoms with van der Waals surface area (Å²) in [6.45, 7) is 16.8. The molecule has 0 saturated carbocycles. The molecule has 1 rings (SSSR count). The molecule has 0 heterocycles. The fourth-order valence-corrected chi connectivity index (χ4v) is 4.33. The Bertz CT molecular complexity index is 755. The molecule has 0 bridgehead atoms. The standard InChI is InChI=1S/C24H40N4O4.C2H6/c1-15-19(23(3,4)13-17(29)27-11-9-25-7)22(32)16(2)20(21(15)31)24(5,6)14-18(30)28-12-10-26-8;1-2/h25-26H,9-14H2,1-8H3,(H,27,29)(H,28,30);1-2H3. The minimum atomic E-state index is -0.804. The Balaban J connectivity index is 0.00000529. The molecule has 0 atom stereocenters. The zero-order valence-corrected chi connectivity index (χ0v) is 22.9. The minimum absolute atomic E-state index is 0.0995. The summed E-state index contributed by atoms with van der Waals surface area (Å²) in [5.74, 6) is -0.795. The summed E-state index contributed by atoms with van der Waals surface area (Å²) in [4.78, 5) is 51.6. The van der Waals surface area contributed by atoms with E-state index in [0.29, 0.717) is 48.5 Å². The Morgan fingerprint density at radius 2 is 0.941 bits per heavy atom. The molecule has 0 spiro atoms. The van der Waals surface area contributed by atoms with Gasteiger partial charge in [0.2, 0.25) is 11.8 Å². The second-order valence-corrected chi connectivity index (χ2v) is 9.69. The number of carbonyl (C=O) groups excluding carboxylic acids is 4. The molecule has 8 heteroatoms. The molecule has 34 heavy (non-hydrogen) atoms. The molecule has 1 aliphatic rings. The maximum absolute atomic E-state index is 13.4. The van der Waals surface area contributed by atoms with Crippen LogP contribution in [0.5, 0.6) is 0 Å². The van der Waals surface area contributed by atoms with Crippen molar-refractivity contribution in [1.82, 2.24) is 21.3 Å². The fraction of sp³-hybridized carbons (Fsp3) is 0.692. The van der Waals surface area contributed by atoms with Crippen molar-refractivity contribution in [2.24, 2.45) is 10.8 Å². The lowest BCUT2D eigenvalue weighted by atomic mass is 9.66. The second kappa shape index (κ2) is 14.2. The highest BCUT2D eigenvalue weighted by atomic mass is 16.2. The third kappa shape index (κ3) is 8.47. The highest BCUT2D eigenvalue weighted by Gasteiger charge is 2.43. The Morgan fingerprint density at radius 3 is 1.21 bits per heavy atom. The van der Waals surface area contributed by atoms with Gasteiger partial charge in [-0.1, -0.05) is 41.5 Å². The number of carbonyl (C=O) groups is 4. The van der Waals surface area contributed by atoms with Crippen molar-refractivity contribution in [3.05, 3.63) is 22.3 Å². The molecule has 0 aromatic rings. The van der Waals surface area contributed by atoms with Gasteiger partial charge in [0, 0.05) is 72.1 Å². The van der Waals surface area contributed by atoms with E-state index in [1.54, 1.807) is 27.9 Å². The predicted octanol–water partition coefficient (Wildman–Crippen LogP) is 2.30. The molecular formula is C26H46N4O4. The Morgan fingerprint density at radius 1 is 0.647 bits per heavy atom. The first-order valence-electron chi connectivity index (χ1n) is 12.1. The van der Waals surface area contributed by atoms with Crippen LogP contribution < -0.4 is 21.3 Å². The minimum Gasteiger partial charge on any atom is -0.355 e. The van der Waals surface area contributed by atoms with Gasteiger partial charge in [0.25, 0.3) is 0 Å². The lowest BCUT2D eigenvalue weighted by Crippen LogP contribution is -2.40. The second-order valence-electron chi connectivity index (χ2n) is 9.69. The van der Waals surface area contributed by atoms with E-state index in [2.05, 4.69) is 21.3 Å². The summed E-state index contributed by atoms with van der Waals surface area (Å²) in [7, 11) is 3.60. The van der Waals surface area contributed by atoms with Crippen LogP contribution in [0, 0.1) is 10.8 Å². The van der Waals surface area contributed by atoms with Gasteiger partial charge < -0.3 is 21.3 Å². The average molecular weight is 479 g/mol. The molecule has 0 radical (unpaired) electrons. The van der Waals surface area contributed by atoms with Crippen molar-refractivity contribution in [2.75, 3.05) is 40.3 Å². The van der Waals surface area contributed by atoms with Gasteiger partial charge in [-0.05, 0) is 27.9 Å². The number of hydrogen-bond acceptors (Lipinski definition) is 6. The molecular weight excluding hydrogens is 432 g/mol. The molecule has 0 fully saturated rings. The van der Waals surface area contributed by atoms with Crippen molar-refractivity contribution in [2.45, 2.75) is 68.2 Å². The van der Waals surface area contributed by atoms with Gasteiger partial charge in [0.05, 0.1) is 0 Å². The third-order valence-corrected chi connectivity index (χ3v) is 5.84. The SMILES string of the molecule is CC.CNCCNC(=O)CC(C)(C)C1=C(C)C(=O)C(C(C)(C)CC(=O)NCCNC)=C(C)C1=O. The maximum atomic E-state index is 13.4. The van der Waals surface area contributed by atoms with Crippen LogP contribution in [-0.4, -0.2) is 63.7 Å². The van der Waals surface area contributed by atoms with Crippen molar-refractivity contribution >= 4 is 23.4 Å². The first-order chi connectivity index (χ1) is 15.8. The number of ketones is 2. The maximum Gasteiger partial charge on any atom is 0.220 e. The lowest BCUT2D eigenvalue weighted by Gasteiger charge is -2.36. The molecule has 0 saturated heterocycles. The van der Waals surface area contributed by atoms with Crippen LogP contribution >= 0.6 is 0 Å². The van der Waals surface area contributed by atoms with E-state index < -0.39 is 10.8 Å². The smallest absolute Gasteiger partial charge is 0.220 e. The van der Waals surface area contributed by atoms with Crippen LogP contribution in [0.15, 0.2) is 22.3 Å². The molecule has 4 N–H and O–H groups in total. The highest BCUT2D eigenvalue weighted by molar-refractivity contribution is 6.26. The molecule has 1 aliphatic carbocycles. The molecule has 8 nitrogen and oxygen atoms in total.